The first-order chi connectivity index (χ1) is 11.1. The highest BCUT2D eigenvalue weighted by Crippen LogP contribution is 2.34. The summed E-state index contributed by atoms with van der Waals surface area (Å²) in [6.45, 7) is 1.47. The van der Waals surface area contributed by atoms with E-state index in [0.29, 0.717) is 0 Å². The summed E-state index contributed by atoms with van der Waals surface area (Å²) in [7, 11) is 2.39. The second kappa shape index (κ2) is 10.1. The molecule has 3 atom stereocenters. The molecular formula is C16H26O8. The zero-order chi connectivity index (χ0) is 18.9. The highest BCUT2D eigenvalue weighted by Gasteiger charge is 2.40. The fourth-order valence-electron chi connectivity index (χ4n) is 2.59. The maximum Gasteiger partial charge on any atom is 0.308 e. The summed E-state index contributed by atoms with van der Waals surface area (Å²) in [6.07, 6.45) is -0.353. The third-order valence-corrected chi connectivity index (χ3v) is 4.13. The minimum Gasteiger partial charge on any atom is -0.469 e. The molecule has 0 saturated heterocycles. The molecule has 3 unspecified atom stereocenters. The topological polar surface area (TPSA) is 127 Å². The average molecular weight is 346 g/mol. The minimum absolute atomic E-state index is 0.0571. The zero-order valence-corrected chi connectivity index (χ0v) is 14.5. The Morgan fingerprint density at radius 2 is 1.62 bits per heavy atom. The molecule has 0 aliphatic heterocycles. The summed E-state index contributed by atoms with van der Waals surface area (Å²) in [5, 5.41) is 18.3. The Bertz CT molecular complexity index is 473. The van der Waals surface area contributed by atoms with E-state index in [1.54, 1.807) is 6.92 Å². The molecule has 0 bridgehead atoms. The van der Waals surface area contributed by atoms with Crippen LogP contribution in [0.2, 0.25) is 0 Å². The molecule has 138 valence electrons. The molecule has 0 aromatic carbocycles. The summed E-state index contributed by atoms with van der Waals surface area (Å²) in [5.74, 6) is -3.80. The van der Waals surface area contributed by atoms with Crippen LogP contribution in [0, 0.1) is 17.3 Å². The van der Waals surface area contributed by atoms with Gasteiger partial charge in [0.05, 0.1) is 26.6 Å². The van der Waals surface area contributed by atoms with E-state index in [4.69, 9.17) is 10.2 Å². The molecule has 0 aliphatic carbocycles. The summed E-state index contributed by atoms with van der Waals surface area (Å²) in [5.41, 5.74) is -1.34. The standard InChI is InChI=1S/C16H26O8/c1-10(15(22)24-4)5-11(12(19)8-17)6-16(2,13(20)9-18)7-14(21)23-3/h10-11,17-18H,5-9H2,1-4H3. The van der Waals surface area contributed by atoms with Crippen LogP contribution in [0.5, 0.6) is 0 Å². The van der Waals surface area contributed by atoms with E-state index in [1.165, 1.54) is 21.1 Å². The van der Waals surface area contributed by atoms with Crippen molar-refractivity contribution in [1.29, 1.82) is 0 Å². The maximum atomic E-state index is 12.1. The van der Waals surface area contributed by atoms with Crippen molar-refractivity contribution < 1.29 is 38.9 Å². The fraction of sp³-hybridized carbons (Fsp3) is 0.750. The number of Topliss-reactive ketones (excluding diaryl/α,β-unsaturated/α-hetero) is 2. The van der Waals surface area contributed by atoms with Crippen LogP contribution in [0.15, 0.2) is 0 Å². The van der Waals surface area contributed by atoms with Gasteiger partial charge in [0.2, 0.25) is 0 Å². The van der Waals surface area contributed by atoms with Crippen LogP contribution in [0.1, 0.15) is 33.1 Å². The third kappa shape index (κ3) is 6.37. The molecule has 0 amide bonds. The van der Waals surface area contributed by atoms with E-state index in [1.807, 2.05) is 0 Å². The second-order valence-corrected chi connectivity index (χ2v) is 6.08. The largest absolute Gasteiger partial charge is 0.469 e. The van der Waals surface area contributed by atoms with Crippen molar-refractivity contribution in [2.24, 2.45) is 17.3 Å². The van der Waals surface area contributed by atoms with E-state index in [9.17, 15) is 19.2 Å². The number of carbonyl (C=O) groups excluding carboxylic acids is 4. The van der Waals surface area contributed by atoms with Gasteiger partial charge in [-0.05, 0) is 12.8 Å². The van der Waals surface area contributed by atoms with Gasteiger partial charge < -0.3 is 19.7 Å². The van der Waals surface area contributed by atoms with Gasteiger partial charge in [0.25, 0.3) is 0 Å². The Morgan fingerprint density at radius 1 is 1.04 bits per heavy atom. The molecule has 8 nitrogen and oxygen atoms in total. The number of rotatable bonds is 11. The Balaban J connectivity index is 5.43. The van der Waals surface area contributed by atoms with Gasteiger partial charge in [-0.15, -0.1) is 0 Å². The molecule has 0 fully saturated rings. The first-order valence-corrected chi connectivity index (χ1v) is 7.57. The van der Waals surface area contributed by atoms with Crippen LogP contribution in [0.4, 0.5) is 0 Å². The highest BCUT2D eigenvalue weighted by atomic mass is 16.5. The van der Waals surface area contributed by atoms with Crippen LogP contribution in [0.25, 0.3) is 0 Å². The number of carbonyl (C=O) groups is 4. The van der Waals surface area contributed by atoms with Crippen molar-refractivity contribution >= 4 is 23.5 Å². The lowest BCUT2D eigenvalue weighted by molar-refractivity contribution is -0.150. The maximum absolute atomic E-state index is 12.1. The van der Waals surface area contributed by atoms with Crippen LogP contribution < -0.4 is 0 Å². The van der Waals surface area contributed by atoms with Crippen LogP contribution in [-0.2, 0) is 28.7 Å². The minimum atomic E-state index is -1.34. The number of hydrogen-bond acceptors (Lipinski definition) is 8. The molecule has 0 heterocycles. The lowest BCUT2D eigenvalue weighted by Gasteiger charge is -2.30. The molecule has 0 aromatic rings. The molecule has 0 aliphatic rings. The molecule has 0 spiro atoms. The zero-order valence-electron chi connectivity index (χ0n) is 14.5. The number of hydrogen-bond donors (Lipinski definition) is 2. The van der Waals surface area contributed by atoms with Crippen molar-refractivity contribution in [3.63, 3.8) is 0 Å². The van der Waals surface area contributed by atoms with Gasteiger partial charge in [0.15, 0.2) is 11.6 Å². The first-order valence-electron chi connectivity index (χ1n) is 7.57. The van der Waals surface area contributed by atoms with Crippen molar-refractivity contribution in [2.45, 2.75) is 33.1 Å². The first kappa shape index (κ1) is 22.2. The Kier molecular flexibility index (Phi) is 9.38. The van der Waals surface area contributed by atoms with Gasteiger partial charge in [0.1, 0.15) is 13.2 Å². The van der Waals surface area contributed by atoms with Gasteiger partial charge in [-0.25, -0.2) is 0 Å². The van der Waals surface area contributed by atoms with E-state index >= 15 is 0 Å². The van der Waals surface area contributed by atoms with Gasteiger partial charge in [-0.1, -0.05) is 13.8 Å². The normalized spacial score (nSPS) is 15.8. The summed E-state index contributed by atoms with van der Waals surface area (Å²) in [4.78, 5) is 47.2. The Morgan fingerprint density at radius 3 is 2.04 bits per heavy atom. The number of ketones is 2. The summed E-state index contributed by atoms with van der Waals surface area (Å²) >= 11 is 0. The second-order valence-electron chi connectivity index (χ2n) is 6.08. The molecule has 24 heavy (non-hydrogen) atoms. The summed E-state index contributed by atoms with van der Waals surface area (Å²) < 4.78 is 9.18. The number of aliphatic hydroxyl groups excluding tert-OH is 2. The monoisotopic (exact) mass is 346 g/mol. The van der Waals surface area contributed by atoms with Crippen LogP contribution >= 0.6 is 0 Å². The number of aliphatic hydroxyl groups is 2. The number of methoxy groups -OCH3 is 2. The molecular weight excluding hydrogens is 320 g/mol. The van der Waals surface area contributed by atoms with Gasteiger partial charge >= 0.3 is 11.9 Å². The van der Waals surface area contributed by atoms with Crippen molar-refractivity contribution in [3.8, 4) is 0 Å². The van der Waals surface area contributed by atoms with Gasteiger partial charge in [-0.3, -0.25) is 19.2 Å². The quantitative estimate of drug-likeness (QED) is 0.496. The molecule has 0 rings (SSSR count). The van der Waals surface area contributed by atoms with E-state index in [2.05, 4.69) is 9.47 Å². The van der Waals surface area contributed by atoms with E-state index in [0.717, 1.165) is 0 Å². The number of esters is 2. The molecule has 2 N–H and O–H groups in total. The van der Waals surface area contributed by atoms with Crippen molar-refractivity contribution in [2.75, 3.05) is 27.4 Å². The summed E-state index contributed by atoms with van der Waals surface area (Å²) in [6, 6.07) is 0. The van der Waals surface area contributed by atoms with Crippen molar-refractivity contribution in [1.82, 2.24) is 0 Å². The van der Waals surface area contributed by atoms with Crippen LogP contribution in [0.3, 0.4) is 0 Å². The van der Waals surface area contributed by atoms with Crippen molar-refractivity contribution in [3.05, 3.63) is 0 Å². The van der Waals surface area contributed by atoms with E-state index < -0.39 is 54.0 Å². The predicted molar refractivity (Wildman–Crippen MR) is 82.8 cm³/mol. The lowest BCUT2D eigenvalue weighted by Crippen LogP contribution is -2.38. The molecule has 0 saturated carbocycles. The SMILES string of the molecule is COC(=O)CC(C)(CC(CC(C)C(=O)OC)C(=O)CO)C(=O)CO. The van der Waals surface area contributed by atoms with Crippen LogP contribution in [-0.4, -0.2) is 61.2 Å². The van der Waals surface area contributed by atoms with Gasteiger partial charge in [-0.2, -0.15) is 0 Å². The average Bonchev–Trinajstić information content (AvgIpc) is 2.58. The highest BCUT2D eigenvalue weighted by molar-refractivity contribution is 5.90. The third-order valence-electron chi connectivity index (χ3n) is 4.13. The smallest absolute Gasteiger partial charge is 0.308 e. The fourth-order valence-corrected chi connectivity index (χ4v) is 2.59. The molecule has 0 radical (unpaired) electrons. The Labute approximate surface area is 141 Å². The Hall–Kier alpha value is -1.80. The molecule has 8 heteroatoms. The molecule has 0 aromatic heterocycles. The van der Waals surface area contributed by atoms with E-state index in [-0.39, 0.29) is 19.3 Å². The predicted octanol–water partition coefficient (Wildman–Crippen LogP) is -0.116. The number of ether oxygens (including phenoxy) is 2. The lowest BCUT2D eigenvalue weighted by atomic mass is 9.72. The van der Waals surface area contributed by atoms with Gasteiger partial charge in [0, 0.05) is 11.3 Å².